The van der Waals surface area contributed by atoms with Crippen molar-refractivity contribution >= 4 is 27.5 Å². The van der Waals surface area contributed by atoms with Crippen molar-refractivity contribution in [2.75, 3.05) is 0 Å². The van der Waals surface area contributed by atoms with Crippen molar-refractivity contribution in [1.82, 2.24) is 5.32 Å². The molecule has 4 aliphatic rings. The van der Waals surface area contributed by atoms with Gasteiger partial charge in [-0.2, -0.15) is 0 Å². The lowest BCUT2D eigenvalue weighted by Gasteiger charge is -2.67. The van der Waals surface area contributed by atoms with Crippen molar-refractivity contribution < 1.29 is 14.5 Å². The molecule has 0 bridgehead atoms. The minimum atomic E-state index is -0.428. The second-order valence-electron chi connectivity index (χ2n) is 10.6. The maximum Gasteiger partial charge on any atom is 0.283 e. The first-order valence-electron chi connectivity index (χ1n) is 11.0. The quantitative estimate of drug-likeness (QED) is 0.345. The molecule has 5 rings (SSSR count). The van der Waals surface area contributed by atoms with Gasteiger partial charge >= 0.3 is 0 Å². The molecule has 5 unspecified atom stereocenters. The van der Waals surface area contributed by atoms with Crippen LogP contribution in [0.25, 0.3) is 0 Å². The standard InChI is InChI=1S/C23H29BrN2O4/c1-12-5-6-16-21(2,3)17(24)7-8-23(16)22(12,4)10-13-9-15(26(28)29)18-14(19(13)30-23)11-25-20(18)27/h9,12,16-17H,5-8,10-11H2,1-4H3,(H,25,27). The number of nitro benzene ring substituents is 1. The van der Waals surface area contributed by atoms with E-state index in [1.54, 1.807) is 6.07 Å². The highest BCUT2D eigenvalue weighted by atomic mass is 79.9. The molecule has 0 aromatic heterocycles. The molecule has 1 spiro atoms. The monoisotopic (exact) mass is 476 g/mol. The molecule has 2 fully saturated rings. The summed E-state index contributed by atoms with van der Waals surface area (Å²) >= 11 is 3.95. The first-order valence-corrected chi connectivity index (χ1v) is 11.9. The van der Waals surface area contributed by atoms with Crippen LogP contribution in [0.4, 0.5) is 5.69 Å². The van der Waals surface area contributed by atoms with Crippen LogP contribution in [0, 0.1) is 32.8 Å². The number of nitro groups is 1. The molecule has 1 aromatic rings. The Kier molecular flexibility index (Phi) is 4.20. The molecular formula is C23H29BrN2O4. The van der Waals surface area contributed by atoms with Crippen LogP contribution in [0.5, 0.6) is 5.75 Å². The van der Waals surface area contributed by atoms with Crippen LogP contribution in [0.2, 0.25) is 0 Å². The molecule has 2 heterocycles. The summed E-state index contributed by atoms with van der Waals surface area (Å²) < 4.78 is 7.08. The summed E-state index contributed by atoms with van der Waals surface area (Å²) in [5, 5.41) is 14.5. The molecule has 1 N–H and O–H groups in total. The van der Waals surface area contributed by atoms with Gasteiger partial charge in [-0.3, -0.25) is 14.9 Å². The fraction of sp³-hybridized carbons (Fsp3) is 0.696. The summed E-state index contributed by atoms with van der Waals surface area (Å²) in [7, 11) is 0. The molecule has 30 heavy (non-hydrogen) atoms. The molecule has 1 amide bonds. The Balaban J connectivity index is 1.74. The van der Waals surface area contributed by atoms with E-state index >= 15 is 0 Å². The van der Waals surface area contributed by atoms with E-state index in [0.717, 1.165) is 43.4 Å². The number of halogens is 1. The van der Waals surface area contributed by atoms with Gasteiger partial charge in [0.15, 0.2) is 0 Å². The number of fused-ring (bicyclic) bond motifs is 3. The third-order valence-corrected chi connectivity index (χ3v) is 10.7. The predicted molar refractivity (Wildman–Crippen MR) is 117 cm³/mol. The van der Waals surface area contributed by atoms with E-state index in [0.29, 0.717) is 28.8 Å². The second-order valence-corrected chi connectivity index (χ2v) is 11.7. The van der Waals surface area contributed by atoms with Crippen LogP contribution in [0.15, 0.2) is 6.07 Å². The first kappa shape index (κ1) is 20.3. The van der Waals surface area contributed by atoms with Crippen molar-refractivity contribution in [2.45, 2.75) is 76.8 Å². The van der Waals surface area contributed by atoms with Gasteiger partial charge in [-0.05, 0) is 43.4 Å². The number of benzene rings is 1. The van der Waals surface area contributed by atoms with Crippen LogP contribution in [0.3, 0.4) is 0 Å². The van der Waals surface area contributed by atoms with Gasteiger partial charge in [-0.15, -0.1) is 0 Å². The third kappa shape index (κ3) is 2.33. The number of alkyl halides is 1. The Morgan fingerprint density at radius 1 is 1.27 bits per heavy atom. The van der Waals surface area contributed by atoms with Gasteiger partial charge in [0.25, 0.3) is 11.6 Å². The molecular weight excluding hydrogens is 448 g/mol. The zero-order chi connectivity index (χ0) is 21.6. The fourth-order valence-electron chi connectivity index (χ4n) is 7.13. The number of carbonyl (C=O) groups excluding carboxylic acids is 1. The number of ether oxygens (including phenoxy) is 1. The Labute approximate surface area is 185 Å². The van der Waals surface area contributed by atoms with Crippen molar-refractivity contribution in [1.29, 1.82) is 0 Å². The number of hydrogen-bond donors (Lipinski definition) is 1. The van der Waals surface area contributed by atoms with Gasteiger partial charge in [0.05, 0.1) is 4.92 Å². The largest absolute Gasteiger partial charge is 0.486 e. The van der Waals surface area contributed by atoms with Gasteiger partial charge in [0, 0.05) is 39.9 Å². The molecule has 7 heteroatoms. The summed E-state index contributed by atoms with van der Waals surface area (Å²) in [5.74, 6) is 1.20. The minimum absolute atomic E-state index is 0.0785. The number of amides is 1. The van der Waals surface area contributed by atoms with Gasteiger partial charge in [-0.1, -0.05) is 43.6 Å². The lowest BCUT2D eigenvalue weighted by Crippen LogP contribution is -2.69. The number of rotatable bonds is 1. The molecule has 2 aliphatic carbocycles. The number of carbonyl (C=O) groups is 1. The second kappa shape index (κ2) is 6.21. The molecule has 5 atom stereocenters. The van der Waals surface area contributed by atoms with E-state index in [1.165, 1.54) is 0 Å². The Bertz CT molecular complexity index is 976. The topological polar surface area (TPSA) is 81.5 Å². The van der Waals surface area contributed by atoms with E-state index in [2.05, 4.69) is 48.9 Å². The summed E-state index contributed by atoms with van der Waals surface area (Å²) in [6, 6.07) is 1.61. The molecule has 0 saturated heterocycles. The van der Waals surface area contributed by atoms with Gasteiger partial charge in [0.2, 0.25) is 0 Å². The fourth-order valence-corrected chi connectivity index (χ4v) is 7.68. The van der Waals surface area contributed by atoms with Crippen LogP contribution in [-0.2, 0) is 13.0 Å². The Hall–Kier alpha value is -1.63. The van der Waals surface area contributed by atoms with Crippen molar-refractivity contribution in [3.05, 3.63) is 32.9 Å². The molecule has 0 radical (unpaired) electrons. The smallest absolute Gasteiger partial charge is 0.283 e. The van der Waals surface area contributed by atoms with Crippen LogP contribution in [-0.4, -0.2) is 21.3 Å². The van der Waals surface area contributed by atoms with Gasteiger partial charge < -0.3 is 10.1 Å². The highest BCUT2D eigenvalue weighted by molar-refractivity contribution is 9.09. The van der Waals surface area contributed by atoms with Crippen molar-refractivity contribution in [3.63, 3.8) is 0 Å². The molecule has 162 valence electrons. The zero-order valence-electron chi connectivity index (χ0n) is 18.0. The average molecular weight is 477 g/mol. The zero-order valence-corrected chi connectivity index (χ0v) is 19.6. The maximum absolute atomic E-state index is 12.4. The summed E-state index contributed by atoms with van der Waals surface area (Å²) in [4.78, 5) is 24.2. The maximum atomic E-state index is 12.4. The molecule has 6 nitrogen and oxygen atoms in total. The van der Waals surface area contributed by atoms with Gasteiger partial charge in [-0.25, -0.2) is 0 Å². The first-order chi connectivity index (χ1) is 14.0. The Morgan fingerprint density at radius 2 is 2.00 bits per heavy atom. The van der Waals surface area contributed by atoms with E-state index in [1.807, 2.05) is 0 Å². The average Bonchev–Trinajstić information content (AvgIpc) is 3.06. The van der Waals surface area contributed by atoms with E-state index in [9.17, 15) is 14.9 Å². The minimum Gasteiger partial charge on any atom is -0.486 e. The summed E-state index contributed by atoms with van der Waals surface area (Å²) in [5.41, 5.74) is 1.31. The third-order valence-electron chi connectivity index (χ3n) is 9.11. The predicted octanol–water partition coefficient (Wildman–Crippen LogP) is 5.15. The van der Waals surface area contributed by atoms with E-state index in [4.69, 9.17) is 4.74 Å². The van der Waals surface area contributed by atoms with Crippen LogP contribution < -0.4 is 10.1 Å². The highest BCUT2D eigenvalue weighted by Crippen LogP contribution is 2.67. The summed E-state index contributed by atoms with van der Waals surface area (Å²) in [6.45, 7) is 9.64. The highest BCUT2D eigenvalue weighted by Gasteiger charge is 2.67. The molecule has 2 saturated carbocycles. The number of hydrogen-bond acceptors (Lipinski definition) is 4. The summed E-state index contributed by atoms with van der Waals surface area (Å²) in [6.07, 6.45) is 5.01. The molecule has 2 aliphatic heterocycles. The van der Waals surface area contributed by atoms with Crippen molar-refractivity contribution in [2.24, 2.45) is 22.7 Å². The normalized spacial score (nSPS) is 38.4. The van der Waals surface area contributed by atoms with E-state index in [-0.39, 0.29) is 33.6 Å². The SMILES string of the molecule is CC1CCC2C(C)(C)C(Br)CCC23Oc2c(cc([N+](=O)[O-])c4c2CNC4=O)CC13C. The molecule has 1 aromatic carbocycles. The van der Waals surface area contributed by atoms with Gasteiger partial charge in [0.1, 0.15) is 16.9 Å². The van der Waals surface area contributed by atoms with Crippen LogP contribution >= 0.6 is 15.9 Å². The van der Waals surface area contributed by atoms with Crippen molar-refractivity contribution in [3.8, 4) is 5.75 Å². The van der Waals surface area contributed by atoms with Crippen LogP contribution in [0.1, 0.15) is 74.9 Å². The number of nitrogens with zero attached hydrogens (tertiary/aromatic N) is 1. The lowest BCUT2D eigenvalue weighted by molar-refractivity contribution is -0.385. The Morgan fingerprint density at radius 3 is 2.70 bits per heavy atom. The number of nitrogens with one attached hydrogen (secondary N) is 1. The van der Waals surface area contributed by atoms with E-state index < -0.39 is 4.92 Å². The lowest BCUT2D eigenvalue weighted by atomic mass is 9.44.